The van der Waals surface area contributed by atoms with Crippen molar-refractivity contribution in [2.24, 2.45) is 0 Å². The number of hydrogen-bond donors (Lipinski definition) is 1. The Morgan fingerprint density at radius 1 is 1.22 bits per heavy atom. The van der Waals surface area contributed by atoms with E-state index >= 15 is 0 Å². The van der Waals surface area contributed by atoms with Crippen LogP contribution >= 0.6 is 11.8 Å². The molecule has 1 saturated heterocycles. The summed E-state index contributed by atoms with van der Waals surface area (Å²) in [6.45, 7) is 9.71. The van der Waals surface area contributed by atoms with Gasteiger partial charge in [-0.3, -0.25) is 4.90 Å². The molecule has 106 valence electrons. The fourth-order valence-electron chi connectivity index (χ4n) is 3.80. The summed E-state index contributed by atoms with van der Waals surface area (Å²) in [6, 6.07) is 0. The minimum Gasteiger partial charge on any atom is -0.309 e. The zero-order chi connectivity index (χ0) is 13.1. The third-order valence-corrected chi connectivity index (χ3v) is 6.82. The summed E-state index contributed by atoms with van der Waals surface area (Å²) in [4.78, 5) is 2.74. The van der Waals surface area contributed by atoms with Crippen molar-refractivity contribution in [2.75, 3.05) is 32.4 Å². The highest BCUT2D eigenvalue weighted by Gasteiger charge is 2.39. The van der Waals surface area contributed by atoms with Crippen molar-refractivity contribution >= 4 is 11.8 Å². The zero-order valence-corrected chi connectivity index (χ0v) is 13.2. The third kappa shape index (κ3) is 3.05. The maximum Gasteiger partial charge on any atom is 0.0309 e. The van der Waals surface area contributed by atoms with E-state index in [9.17, 15) is 0 Å². The second-order valence-corrected chi connectivity index (χ2v) is 7.49. The van der Waals surface area contributed by atoms with Gasteiger partial charge in [0.05, 0.1) is 0 Å². The van der Waals surface area contributed by atoms with Gasteiger partial charge in [0.15, 0.2) is 0 Å². The van der Waals surface area contributed by atoms with Crippen molar-refractivity contribution in [3.05, 3.63) is 0 Å². The Morgan fingerprint density at radius 2 is 1.89 bits per heavy atom. The Hall–Kier alpha value is 0.270. The minimum absolute atomic E-state index is 0.476. The van der Waals surface area contributed by atoms with E-state index in [1.165, 1.54) is 64.7 Å². The van der Waals surface area contributed by atoms with E-state index < -0.39 is 0 Å². The van der Waals surface area contributed by atoms with E-state index in [4.69, 9.17) is 0 Å². The van der Waals surface area contributed by atoms with Crippen LogP contribution in [0, 0.1) is 0 Å². The Kier molecular flexibility index (Phi) is 5.01. The summed E-state index contributed by atoms with van der Waals surface area (Å²) >= 11 is 2.08. The van der Waals surface area contributed by atoms with E-state index in [2.05, 4.69) is 42.1 Å². The van der Waals surface area contributed by atoms with Gasteiger partial charge in [0.25, 0.3) is 0 Å². The summed E-state index contributed by atoms with van der Waals surface area (Å²) in [7, 11) is 0. The van der Waals surface area contributed by atoms with E-state index in [1.54, 1.807) is 0 Å². The van der Waals surface area contributed by atoms with Gasteiger partial charge in [-0.2, -0.15) is 11.8 Å². The molecule has 0 unspecified atom stereocenters. The standard InChI is InChI=1S/C15H30N2S/c1-4-15(5-2,18-3)13-17-11-10-16-14(12-17)8-6-7-9-14/h16H,4-13H2,1-3H3. The average molecular weight is 270 g/mol. The van der Waals surface area contributed by atoms with E-state index in [1.807, 2.05) is 0 Å². The molecule has 1 N–H and O–H groups in total. The molecule has 1 saturated carbocycles. The van der Waals surface area contributed by atoms with Gasteiger partial charge >= 0.3 is 0 Å². The predicted molar refractivity (Wildman–Crippen MR) is 82.5 cm³/mol. The van der Waals surface area contributed by atoms with Crippen molar-refractivity contribution < 1.29 is 0 Å². The molecule has 2 rings (SSSR count). The number of hydrogen-bond acceptors (Lipinski definition) is 3. The molecule has 1 heterocycles. The van der Waals surface area contributed by atoms with Gasteiger partial charge in [0.2, 0.25) is 0 Å². The number of rotatable bonds is 5. The molecule has 3 heteroatoms. The fourth-order valence-corrected chi connectivity index (χ4v) is 4.69. The SMILES string of the molecule is CCC(CC)(CN1CCNC2(CCCC2)C1)SC. The molecule has 1 spiro atoms. The Bertz CT molecular complexity index is 249. The maximum atomic E-state index is 3.82. The summed E-state index contributed by atoms with van der Waals surface area (Å²) in [5.41, 5.74) is 0.476. The molecule has 1 aliphatic heterocycles. The Labute approximate surface area is 117 Å². The Morgan fingerprint density at radius 3 is 2.44 bits per heavy atom. The van der Waals surface area contributed by atoms with Crippen molar-refractivity contribution in [2.45, 2.75) is 62.7 Å². The normalized spacial score (nSPS) is 24.8. The lowest BCUT2D eigenvalue weighted by Crippen LogP contribution is -2.60. The molecule has 2 aliphatic rings. The van der Waals surface area contributed by atoms with E-state index in [0.29, 0.717) is 10.3 Å². The lowest BCUT2D eigenvalue weighted by Gasteiger charge is -2.45. The number of nitrogens with zero attached hydrogens (tertiary/aromatic N) is 1. The zero-order valence-electron chi connectivity index (χ0n) is 12.4. The number of nitrogens with one attached hydrogen (secondary N) is 1. The fraction of sp³-hybridized carbons (Fsp3) is 1.00. The number of piperazine rings is 1. The quantitative estimate of drug-likeness (QED) is 0.826. The Balaban J connectivity index is 1.96. The van der Waals surface area contributed by atoms with Crippen molar-refractivity contribution in [1.82, 2.24) is 10.2 Å². The van der Waals surface area contributed by atoms with Crippen LogP contribution in [0.4, 0.5) is 0 Å². The van der Waals surface area contributed by atoms with Gasteiger partial charge < -0.3 is 5.32 Å². The van der Waals surface area contributed by atoms with Crippen LogP contribution in [-0.2, 0) is 0 Å². The van der Waals surface area contributed by atoms with Crippen LogP contribution < -0.4 is 5.32 Å². The molecular formula is C15H30N2S. The third-order valence-electron chi connectivity index (χ3n) is 5.25. The van der Waals surface area contributed by atoms with Gasteiger partial charge in [0.1, 0.15) is 0 Å². The largest absolute Gasteiger partial charge is 0.309 e. The molecule has 1 aliphatic carbocycles. The van der Waals surface area contributed by atoms with Crippen LogP contribution in [0.15, 0.2) is 0 Å². The lowest BCUT2D eigenvalue weighted by molar-refractivity contribution is 0.122. The second-order valence-electron chi connectivity index (χ2n) is 6.22. The summed E-state index contributed by atoms with van der Waals surface area (Å²) < 4.78 is 0.483. The van der Waals surface area contributed by atoms with Crippen LogP contribution in [0.2, 0.25) is 0 Å². The summed E-state index contributed by atoms with van der Waals surface area (Å²) in [5, 5.41) is 3.82. The highest BCUT2D eigenvalue weighted by atomic mass is 32.2. The van der Waals surface area contributed by atoms with Gasteiger partial charge in [-0.05, 0) is 31.9 Å². The monoisotopic (exact) mass is 270 g/mol. The molecule has 2 nitrogen and oxygen atoms in total. The van der Waals surface area contributed by atoms with Gasteiger partial charge in [0, 0.05) is 36.5 Å². The topological polar surface area (TPSA) is 15.3 Å². The molecule has 0 atom stereocenters. The van der Waals surface area contributed by atoms with Crippen LogP contribution in [0.5, 0.6) is 0 Å². The van der Waals surface area contributed by atoms with Crippen LogP contribution in [0.1, 0.15) is 52.4 Å². The van der Waals surface area contributed by atoms with Crippen molar-refractivity contribution in [3.63, 3.8) is 0 Å². The highest BCUT2D eigenvalue weighted by molar-refractivity contribution is 8.00. The predicted octanol–water partition coefficient (Wildman–Crippen LogP) is 3.13. The smallest absolute Gasteiger partial charge is 0.0309 e. The second kappa shape index (κ2) is 6.15. The summed E-state index contributed by atoms with van der Waals surface area (Å²) in [6.07, 6.45) is 10.5. The van der Waals surface area contributed by atoms with Crippen molar-refractivity contribution in [3.8, 4) is 0 Å². The molecule has 0 aromatic rings. The average Bonchev–Trinajstić information content (AvgIpc) is 2.84. The van der Waals surface area contributed by atoms with Gasteiger partial charge in [-0.25, -0.2) is 0 Å². The van der Waals surface area contributed by atoms with Gasteiger partial charge in [-0.1, -0.05) is 26.7 Å². The van der Waals surface area contributed by atoms with Gasteiger partial charge in [-0.15, -0.1) is 0 Å². The lowest BCUT2D eigenvalue weighted by atomic mass is 9.93. The minimum atomic E-state index is 0.476. The molecular weight excluding hydrogens is 240 g/mol. The van der Waals surface area contributed by atoms with E-state index in [-0.39, 0.29) is 0 Å². The molecule has 0 aromatic carbocycles. The van der Waals surface area contributed by atoms with Crippen LogP contribution in [0.25, 0.3) is 0 Å². The van der Waals surface area contributed by atoms with Crippen LogP contribution in [0.3, 0.4) is 0 Å². The first-order valence-electron chi connectivity index (χ1n) is 7.70. The maximum absolute atomic E-state index is 3.82. The van der Waals surface area contributed by atoms with Crippen LogP contribution in [-0.4, -0.2) is 47.6 Å². The first-order valence-corrected chi connectivity index (χ1v) is 8.92. The molecule has 2 fully saturated rings. The molecule has 0 bridgehead atoms. The molecule has 0 radical (unpaired) electrons. The first kappa shape index (κ1) is 14.7. The number of thioether (sulfide) groups is 1. The van der Waals surface area contributed by atoms with E-state index in [0.717, 1.165) is 0 Å². The molecule has 18 heavy (non-hydrogen) atoms. The molecule has 0 amide bonds. The summed E-state index contributed by atoms with van der Waals surface area (Å²) in [5.74, 6) is 0. The highest BCUT2D eigenvalue weighted by Crippen LogP contribution is 2.35. The van der Waals surface area contributed by atoms with Crippen molar-refractivity contribution in [1.29, 1.82) is 0 Å². The molecule has 0 aromatic heterocycles. The first-order chi connectivity index (χ1) is 8.67.